The zero-order chi connectivity index (χ0) is 16.7. The maximum atomic E-state index is 11.1. The molecule has 0 radical (unpaired) electrons. The molecule has 2 aliphatic heterocycles. The van der Waals surface area contributed by atoms with Crippen LogP contribution in [-0.2, 0) is 9.59 Å². The molecule has 4 N–H and O–H groups in total. The van der Waals surface area contributed by atoms with Gasteiger partial charge in [0.1, 0.15) is 0 Å². The minimum Gasteiger partial charge on any atom is -0.481 e. The fraction of sp³-hybridized carbons (Fsp3) is 0.643. The number of carboxylic acids is 2. The van der Waals surface area contributed by atoms with Crippen molar-refractivity contribution in [3.05, 3.63) is 12.2 Å². The number of thioether (sulfide) groups is 1. The van der Waals surface area contributed by atoms with Crippen LogP contribution in [0.1, 0.15) is 32.6 Å². The maximum Gasteiger partial charge on any atom is 0.330 e. The van der Waals surface area contributed by atoms with E-state index in [0.717, 1.165) is 25.0 Å². The van der Waals surface area contributed by atoms with Crippen LogP contribution >= 0.6 is 11.8 Å². The van der Waals surface area contributed by atoms with E-state index in [2.05, 4.69) is 17.2 Å². The summed E-state index contributed by atoms with van der Waals surface area (Å²) in [4.78, 5) is 31.1. The number of rotatable bonds is 6. The van der Waals surface area contributed by atoms with Gasteiger partial charge in [0, 0.05) is 23.0 Å². The van der Waals surface area contributed by atoms with E-state index in [4.69, 9.17) is 10.2 Å². The lowest BCUT2D eigenvalue weighted by atomic mass is 10.0. The number of carbonyl (C=O) groups excluding carboxylic acids is 1. The SMILES string of the molecule is C=C(C)C(=O)O.O=C(O)CCCC[C@@H]1SC[C@@H]2NC(=O)N[C@@H]21. The van der Waals surface area contributed by atoms with Crippen LogP contribution < -0.4 is 10.6 Å². The standard InChI is InChI=1S/C10H16N2O3S.C4H6O2/c13-8(14)4-2-1-3-7-9-6(5-16-7)11-10(15)12-9;1-3(2)4(5)6/h6-7,9H,1-5H2,(H,13,14)(H2,11,12,15);1H2,2H3,(H,5,6)/t6-,7-,9-;/m0./s1. The summed E-state index contributed by atoms with van der Waals surface area (Å²) in [6, 6.07) is 0.440. The molecule has 7 nitrogen and oxygen atoms in total. The van der Waals surface area contributed by atoms with E-state index in [1.54, 1.807) is 0 Å². The number of fused-ring (bicyclic) bond motifs is 1. The normalized spacial score (nSPS) is 25.3. The Morgan fingerprint density at radius 1 is 1.32 bits per heavy atom. The zero-order valence-electron chi connectivity index (χ0n) is 12.5. The van der Waals surface area contributed by atoms with Gasteiger partial charge in [-0.2, -0.15) is 11.8 Å². The molecule has 8 heteroatoms. The fourth-order valence-electron chi connectivity index (χ4n) is 2.26. The van der Waals surface area contributed by atoms with Gasteiger partial charge in [0.05, 0.1) is 12.1 Å². The molecule has 22 heavy (non-hydrogen) atoms. The van der Waals surface area contributed by atoms with E-state index in [0.29, 0.717) is 5.25 Å². The molecule has 2 fully saturated rings. The number of nitrogens with one attached hydrogen (secondary N) is 2. The van der Waals surface area contributed by atoms with Crippen LogP contribution in [0.2, 0.25) is 0 Å². The lowest BCUT2D eigenvalue weighted by Crippen LogP contribution is -2.36. The molecule has 0 aromatic carbocycles. The van der Waals surface area contributed by atoms with Gasteiger partial charge < -0.3 is 20.8 Å². The van der Waals surface area contributed by atoms with Crippen molar-refractivity contribution in [1.29, 1.82) is 0 Å². The van der Waals surface area contributed by atoms with E-state index in [9.17, 15) is 14.4 Å². The van der Waals surface area contributed by atoms with Gasteiger partial charge in [-0.05, 0) is 19.8 Å². The van der Waals surface area contributed by atoms with Crippen molar-refractivity contribution in [3.8, 4) is 0 Å². The van der Waals surface area contributed by atoms with E-state index in [-0.39, 0.29) is 30.1 Å². The molecule has 0 aliphatic carbocycles. The first kappa shape index (κ1) is 18.3. The second kappa shape index (κ2) is 8.67. The van der Waals surface area contributed by atoms with Gasteiger partial charge >= 0.3 is 18.0 Å². The highest BCUT2D eigenvalue weighted by Crippen LogP contribution is 2.33. The highest BCUT2D eigenvalue weighted by molar-refractivity contribution is 8.00. The average molecular weight is 330 g/mol. The predicted molar refractivity (Wildman–Crippen MR) is 84.0 cm³/mol. The molecule has 124 valence electrons. The Morgan fingerprint density at radius 2 is 1.95 bits per heavy atom. The van der Waals surface area contributed by atoms with Gasteiger partial charge in [-0.25, -0.2) is 9.59 Å². The quantitative estimate of drug-likeness (QED) is 0.333. The van der Waals surface area contributed by atoms with Crippen molar-refractivity contribution in [1.82, 2.24) is 10.6 Å². The largest absolute Gasteiger partial charge is 0.481 e. The van der Waals surface area contributed by atoms with E-state index < -0.39 is 11.9 Å². The van der Waals surface area contributed by atoms with Gasteiger partial charge in [-0.1, -0.05) is 13.0 Å². The second-order valence-corrected chi connectivity index (χ2v) is 6.62. The first-order chi connectivity index (χ1) is 10.3. The van der Waals surface area contributed by atoms with Crippen LogP contribution in [0.25, 0.3) is 0 Å². The molecular formula is C14H22N2O5S. The summed E-state index contributed by atoms with van der Waals surface area (Å²) in [5.74, 6) is -0.699. The van der Waals surface area contributed by atoms with Gasteiger partial charge in [0.15, 0.2) is 0 Å². The molecule has 2 heterocycles. The summed E-state index contributed by atoms with van der Waals surface area (Å²) < 4.78 is 0. The lowest BCUT2D eigenvalue weighted by Gasteiger charge is -2.16. The third-order valence-electron chi connectivity index (χ3n) is 3.43. The average Bonchev–Trinajstić information content (AvgIpc) is 2.95. The number of aliphatic carboxylic acids is 2. The van der Waals surface area contributed by atoms with Crippen molar-refractivity contribution in [3.63, 3.8) is 0 Å². The Hall–Kier alpha value is -1.70. The van der Waals surface area contributed by atoms with Crippen LogP contribution in [0.4, 0.5) is 4.79 Å². The van der Waals surface area contributed by atoms with Crippen molar-refractivity contribution in [2.45, 2.75) is 49.9 Å². The van der Waals surface area contributed by atoms with Crippen LogP contribution in [0.15, 0.2) is 12.2 Å². The maximum absolute atomic E-state index is 11.1. The van der Waals surface area contributed by atoms with Crippen LogP contribution in [0.3, 0.4) is 0 Å². The van der Waals surface area contributed by atoms with Crippen LogP contribution in [0, 0.1) is 0 Å². The monoisotopic (exact) mass is 330 g/mol. The number of carbonyl (C=O) groups is 3. The Balaban J connectivity index is 0.000000346. The van der Waals surface area contributed by atoms with Gasteiger partial charge in [-0.15, -0.1) is 0 Å². The Kier molecular flexibility index (Phi) is 7.23. The molecule has 2 aliphatic rings. The van der Waals surface area contributed by atoms with Crippen molar-refractivity contribution < 1.29 is 24.6 Å². The van der Waals surface area contributed by atoms with Crippen molar-refractivity contribution in [2.24, 2.45) is 0 Å². The molecule has 2 saturated heterocycles. The number of hydrogen-bond acceptors (Lipinski definition) is 4. The summed E-state index contributed by atoms with van der Waals surface area (Å²) in [5.41, 5.74) is 0.176. The number of urea groups is 1. The number of amides is 2. The molecule has 0 aromatic rings. The molecule has 0 saturated carbocycles. The summed E-state index contributed by atoms with van der Waals surface area (Å²) in [6.07, 6.45) is 2.88. The van der Waals surface area contributed by atoms with Crippen LogP contribution in [0.5, 0.6) is 0 Å². The number of hydrogen-bond donors (Lipinski definition) is 4. The summed E-state index contributed by atoms with van der Waals surface area (Å²) in [5, 5.41) is 22.7. The minimum absolute atomic E-state index is 0.0640. The molecule has 0 spiro atoms. The summed E-state index contributed by atoms with van der Waals surface area (Å²) >= 11 is 1.87. The molecular weight excluding hydrogens is 308 g/mol. The van der Waals surface area contributed by atoms with E-state index in [1.807, 2.05) is 11.8 Å². The lowest BCUT2D eigenvalue weighted by molar-refractivity contribution is -0.137. The van der Waals surface area contributed by atoms with Gasteiger partial charge in [0.25, 0.3) is 0 Å². The Labute approximate surface area is 133 Å². The molecule has 2 amide bonds. The van der Waals surface area contributed by atoms with Gasteiger partial charge in [0.2, 0.25) is 0 Å². The molecule has 2 rings (SSSR count). The first-order valence-corrected chi connectivity index (χ1v) is 8.15. The molecule has 0 bridgehead atoms. The molecule has 0 unspecified atom stereocenters. The fourth-order valence-corrected chi connectivity index (χ4v) is 3.81. The molecule has 3 atom stereocenters. The van der Waals surface area contributed by atoms with Crippen molar-refractivity contribution in [2.75, 3.05) is 5.75 Å². The number of unbranched alkanes of at least 4 members (excludes halogenated alkanes) is 1. The predicted octanol–water partition coefficient (Wildman–Crippen LogP) is 1.44. The molecule has 0 aromatic heterocycles. The van der Waals surface area contributed by atoms with Gasteiger partial charge in [-0.3, -0.25) is 4.79 Å². The first-order valence-electron chi connectivity index (χ1n) is 7.10. The third kappa shape index (κ3) is 5.97. The summed E-state index contributed by atoms with van der Waals surface area (Å²) in [7, 11) is 0. The topological polar surface area (TPSA) is 116 Å². The van der Waals surface area contributed by atoms with Crippen LogP contribution in [-0.4, -0.2) is 51.3 Å². The second-order valence-electron chi connectivity index (χ2n) is 5.35. The number of carboxylic acid groups (broad SMARTS) is 2. The third-order valence-corrected chi connectivity index (χ3v) is 4.94. The van der Waals surface area contributed by atoms with Crippen molar-refractivity contribution >= 4 is 29.7 Å². The summed E-state index contributed by atoms with van der Waals surface area (Å²) in [6.45, 7) is 4.60. The van der Waals surface area contributed by atoms with E-state index >= 15 is 0 Å². The smallest absolute Gasteiger partial charge is 0.330 e. The Bertz CT molecular complexity index is 443. The van der Waals surface area contributed by atoms with E-state index in [1.165, 1.54) is 6.92 Å². The highest BCUT2D eigenvalue weighted by Gasteiger charge is 2.42. The Morgan fingerprint density at radius 3 is 2.50 bits per heavy atom. The highest BCUT2D eigenvalue weighted by atomic mass is 32.2. The minimum atomic E-state index is -0.935. The zero-order valence-corrected chi connectivity index (χ0v) is 13.3.